The van der Waals surface area contributed by atoms with Crippen molar-refractivity contribution in [3.8, 4) is 0 Å². The summed E-state index contributed by atoms with van der Waals surface area (Å²) in [6.07, 6.45) is 0. The first-order chi connectivity index (χ1) is 7.04. The molecule has 1 unspecified atom stereocenters. The SMILES string of the molecule is CCOC(=O)C(C)Sc1cc(C)nn1C. The third-order valence-corrected chi connectivity index (χ3v) is 3.04. The average Bonchev–Trinajstić information content (AvgIpc) is 2.45. The number of carbonyl (C=O) groups excluding carboxylic acids is 1. The number of aromatic nitrogens is 2. The molecule has 0 saturated heterocycles. The molecule has 1 heterocycles. The maximum absolute atomic E-state index is 11.4. The van der Waals surface area contributed by atoms with Crippen LogP contribution in [0.5, 0.6) is 0 Å². The normalized spacial score (nSPS) is 12.5. The number of hydrogen-bond donors (Lipinski definition) is 0. The maximum Gasteiger partial charge on any atom is 0.319 e. The first-order valence-electron chi connectivity index (χ1n) is 4.88. The lowest BCUT2D eigenvalue weighted by molar-refractivity contribution is -0.142. The summed E-state index contributed by atoms with van der Waals surface area (Å²) in [7, 11) is 1.87. The van der Waals surface area contributed by atoms with Crippen LogP contribution in [-0.4, -0.2) is 27.6 Å². The minimum Gasteiger partial charge on any atom is -0.465 e. The van der Waals surface area contributed by atoms with Crippen molar-refractivity contribution in [3.63, 3.8) is 0 Å². The number of esters is 1. The van der Waals surface area contributed by atoms with Crippen molar-refractivity contribution in [2.75, 3.05) is 6.61 Å². The Morgan fingerprint density at radius 2 is 2.40 bits per heavy atom. The van der Waals surface area contributed by atoms with E-state index in [2.05, 4.69) is 5.10 Å². The molecule has 0 aliphatic rings. The lowest BCUT2D eigenvalue weighted by Crippen LogP contribution is -2.17. The fraction of sp³-hybridized carbons (Fsp3) is 0.600. The molecule has 0 N–H and O–H groups in total. The largest absolute Gasteiger partial charge is 0.465 e. The van der Waals surface area contributed by atoms with Gasteiger partial charge >= 0.3 is 5.97 Å². The third-order valence-electron chi connectivity index (χ3n) is 1.88. The van der Waals surface area contributed by atoms with Crippen LogP contribution in [0.4, 0.5) is 0 Å². The molecule has 0 aromatic carbocycles. The van der Waals surface area contributed by atoms with Gasteiger partial charge in [0.1, 0.15) is 5.25 Å². The second-order valence-corrected chi connectivity index (χ2v) is 4.62. The fourth-order valence-corrected chi connectivity index (χ4v) is 2.14. The van der Waals surface area contributed by atoms with Crippen molar-refractivity contribution in [2.45, 2.75) is 31.0 Å². The van der Waals surface area contributed by atoms with Crippen LogP contribution < -0.4 is 0 Å². The number of thioether (sulfide) groups is 1. The summed E-state index contributed by atoms with van der Waals surface area (Å²) < 4.78 is 6.71. The molecule has 0 amide bonds. The van der Waals surface area contributed by atoms with Gasteiger partial charge in [-0.25, -0.2) is 0 Å². The van der Waals surface area contributed by atoms with E-state index in [0.717, 1.165) is 10.7 Å². The summed E-state index contributed by atoms with van der Waals surface area (Å²) in [6.45, 7) is 6.00. The number of aryl methyl sites for hydroxylation is 2. The lowest BCUT2D eigenvalue weighted by atomic mass is 10.5. The molecule has 4 nitrogen and oxygen atoms in total. The molecule has 5 heteroatoms. The second-order valence-electron chi connectivity index (χ2n) is 3.26. The van der Waals surface area contributed by atoms with E-state index < -0.39 is 0 Å². The van der Waals surface area contributed by atoms with Crippen LogP contribution in [0.3, 0.4) is 0 Å². The first-order valence-corrected chi connectivity index (χ1v) is 5.76. The Balaban J connectivity index is 2.61. The van der Waals surface area contributed by atoms with Crippen molar-refractivity contribution in [2.24, 2.45) is 7.05 Å². The van der Waals surface area contributed by atoms with Gasteiger partial charge in [-0.2, -0.15) is 5.10 Å². The highest BCUT2D eigenvalue weighted by atomic mass is 32.2. The Morgan fingerprint density at radius 1 is 1.73 bits per heavy atom. The Labute approximate surface area is 94.0 Å². The van der Waals surface area contributed by atoms with Crippen LogP contribution in [0, 0.1) is 6.92 Å². The number of hydrogen-bond acceptors (Lipinski definition) is 4. The van der Waals surface area contributed by atoms with Crippen molar-refractivity contribution >= 4 is 17.7 Å². The summed E-state index contributed by atoms with van der Waals surface area (Å²) in [5, 5.41) is 5.00. The van der Waals surface area contributed by atoms with Crippen molar-refractivity contribution < 1.29 is 9.53 Å². The van der Waals surface area contributed by atoms with Crippen LogP contribution in [0.1, 0.15) is 19.5 Å². The van der Waals surface area contributed by atoms with E-state index >= 15 is 0 Å². The molecular weight excluding hydrogens is 212 g/mol. The summed E-state index contributed by atoms with van der Waals surface area (Å²) in [5.74, 6) is -0.179. The maximum atomic E-state index is 11.4. The molecule has 0 saturated carbocycles. The first kappa shape index (κ1) is 12.1. The van der Waals surface area contributed by atoms with Crippen LogP contribution >= 0.6 is 11.8 Å². The molecule has 0 radical (unpaired) electrons. The molecule has 1 aromatic rings. The van der Waals surface area contributed by atoms with Crippen molar-refractivity contribution in [1.29, 1.82) is 0 Å². The molecule has 0 fully saturated rings. The van der Waals surface area contributed by atoms with E-state index in [1.807, 2.05) is 33.9 Å². The third kappa shape index (κ3) is 3.27. The summed E-state index contributed by atoms with van der Waals surface area (Å²) in [4.78, 5) is 11.4. The highest BCUT2D eigenvalue weighted by molar-refractivity contribution is 8.00. The van der Waals surface area contributed by atoms with E-state index in [1.54, 1.807) is 4.68 Å². The molecule has 1 aromatic heterocycles. The van der Waals surface area contributed by atoms with E-state index in [0.29, 0.717) is 6.61 Å². The van der Waals surface area contributed by atoms with Crippen LogP contribution in [0.15, 0.2) is 11.1 Å². The van der Waals surface area contributed by atoms with E-state index in [4.69, 9.17) is 4.74 Å². The lowest BCUT2D eigenvalue weighted by Gasteiger charge is -2.09. The monoisotopic (exact) mass is 228 g/mol. The van der Waals surface area contributed by atoms with E-state index in [9.17, 15) is 4.79 Å². The number of carbonyl (C=O) groups is 1. The summed E-state index contributed by atoms with van der Waals surface area (Å²) >= 11 is 1.46. The van der Waals surface area contributed by atoms with Gasteiger partial charge in [0.05, 0.1) is 17.3 Å². The topological polar surface area (TPSA) is 44.1 Å². The molecule has 0 bridgehead atoms. The molecule has 0 aliphatic carbocycles. The van der Waals surface area contributed by atoms with Gasteiger partial charge in [0.2, 0.25) is 0 Å². The Bertz CT molecular complexity index is 349. The standard InChI is InChI=1S/C10H16N2O2S/c1-5-14-10(13)8(3)15-9-6-7(2)11-12(9)4/h6,8H,5H2,1-4H3. The molecule has 15 heavy (non-hydrogen) atoms. The van der Waals surface area contributed by atoms with Gasteiger partial charge in [0.25, 0.3) is 0 Å². The van der Waals surface area contributed by atoms with Crippen LogP contribution in [0.2, 0.25) is 0 Å². The number of ether oxygens (including phenoxy) is 1. The predicted molar refractivity (Wildman–Crippen MR) is 59.9 cm³/mol. The number of rotatable bonds is 4. The highest BCUT2D eigenvalue weighted by Crippen LogP contribution is 2.24. The molecule has 0 spiro atoms. The summed E-state index contributed by atoms with van der Waals surface area (Å²) in [6, 6.07) is 1.96. The minimum atomic E-state index is -0.195. The van der Waals surface area contributed by atoms with E-state index in [-0.39, 0.29) is 11.2 Å². The Kier molecular flexibility index (Phi) is 4.20. The molecular formula is C10H16N2O2S. The van der Waals surface area contributed by atoms with Crippen LogP contribution in [0.25, 0.3) is 0 Å². The average molecular weight is 228 g/mol. The molecule has 0 aliphatic heterocycles. The molecule has 84 valence electrons. The van der Waals surface area contributed by atoms with Crippen molar-refractivity contribution in [3.05, 3.63) is 11.8 Å². The van der Waals surface area contributed by atoms with Crippen molar-refractivity contribution in [1.82, 2.24) is 9.78 Å². The quantitative estimate of drug-likeness (QED) is 0.582. The van der Waals surface area contributed by atoms with Gasteiger partial charge in [0.15, 0.2) is 0 Å². The fourth-order valence-electron chi connectivity index (χ4n) is 1.19. The van der Waals surface area contributed by atoms with Gasteiger partial charge < -0.3 is 4.74 Å². The predicted octanol–water partition coefficient (Wildman–Crippen LogP) is 1.77. The Hall–Kier alpha value is -0.970. The second kappa shape index (κ2) is 5.21. The van der Waals surface area contributed by atoms with Gasteiger partial charge in [-0.3, -0.25) is 9.48 Å². The zero-order valence-corrected chi connectivity index (χ0v) is 10.3. The zero-order valence-electron chi connectivity index (χ0n) is 9.48. The van der Waals surface area contributed by atoms with Gasteiger partial charge in [-0.15, -0.1) is 0 Å². The van der Waals surface area contributed by atoms with Gasteiger partial charge in [0, 0.05) is 7.05 Å². The molecule has 1 rings (SSSR count). The van der Waals surface area contributed by atoms with Gasteiger partial charge in [-0.1, -0.05) is 11.8 Å². The molecule has 1 atom stereocenters. The van der Waals surface area contributed by atoms with Crippen LogP contribution in [-0.2, 0) is 16.6 Å². The Morgan fingerprint density at radius 3 is 2.87 bits per heavy atom. The number of nitrogens with zero attached hydrogens (tertiary/aromatic N) is 2. The minimum absolute atomic E-state index is 0.179. The van der Waals surface area contributed by atoms with E-state index in [1.165, 1.54) is 11.8 Å². The zero-order chi connectivity index (χ0) is 11.4. The smallest absolute Gasteiger partial charge is 0.319 e. The highest BCUT2D eigenvalue weighted by Gasteiger charge is 2.17. The van der Waals surface area contributed by atoms with Gasteiger partial charge in [-0.05, 0) is 26.8 Å². The summed E-state index contributed by atoms with van der Waals surface area (Å²) in [5.41, 5.74) is 0.955.